The van der Waals surface area contributed by atoms with E-state index in [1.807, 2.05) is 166 Å². The van der Waals surface area contributed by atoms with Crippen molar-refractivity contribution in [2.45, 2.75) is 6.92 Å². The Morgan fingerprint density at radius 2 is 1.00 bits per heavy atom. The number of methoxy groups -OCH3 is 3. The fraction of sp³-hybridized carbons (Fsp3) is 0.196. The van der Waals surface area contributed by atoms with Gasteiger partial charge in [0.2, 0.25) is 11.8 Å². The molecule has 5 aromatic carbocycles. The van der Waals surface area contributed by atoms with Crippen molar-refractivity contribution < 1.29 is 119 Å². The summed E-state index contributed by atoms with van der Waals surface area (Å²) < 4.78 is 37.7. The largest absolute Gasteiger partial charge is 0.540 e. The average Bonchev–Trinajstić information content (AvgIpc) is 4.26. The fourth-order valence-electron chi connectivity index (χ4n) is 6.79. The first-order valence-corrected chi connectivity index (χ1v) is 22.3. The van der Waals surface area contributed by atoms with Gasteiger partial charge in [-0.05, 0) is 26.7 Å². The van der Waals surface area contributed by atoms with Crippen molar-refractivity contribution in [2.24, 2.45) is 35.2 Å². The van der Waals surface area contributed by atoms with E-state index in [-0.39, 0.29) is 106 Å². The number of halogens is 1. The molecule has 0 bridgehead atoms. The molecule has 0 saturated carbocycles. The van der Waals surface area contributed by atoms with Gasteiger partial charge < -0.3 is 41.9 Å². The summed E-state index contributed by atoms with van der Waals surface area (Å²) in [6.07, 6.45) is 12.1. The van der Waals surface area contributed by atoms with Gasteiger partial charge in [-0.25, -0.2) is 0 Å². The molecule has 0 aliphatic heterocycles. The predicted octanol–water partition coefficient (Wildman–Crippen LogP) is 9.96. The van der Waals surface area contributed by atoms with Gasteiger partial charge in [-0.3, -0.25) is 24.9 Å². The van der Waals surface area contributed by atoms with E-state index in [4.69, 9.17) is 14.2 Å². The van der Waals surface area contributed by atoms with E-state index in [9.17, 15) is 4.39 Å². The summed E-state index contributed by atoms with van der Waals surface area (Å²) in [5.74, 6) is 6.02. The zero-order chi connectivity index (χ0) is 50.9. The van der Waals surface area contributed by atoms with Crippen molar-refractivity contribution in [3.8, 4) is 74.3 Å². The van der Waals surface area contributed by atoms with Crippen molar-refractivity contribution in [1.82, 2.24) is 47.8 Å². The number of anilines is 1. The molecular formula is C56H57FIr5N11O3-5. The van der Waals surface area contributed by atoms with Gasteiger partial charge in [0.1, 0.15) is 0 Å². The number of hydrogen-bond donors (Lipinski definition) is 0. The molecule has 0 spiro atoms. The number of aryl methyl sites for hydroxylation is 3. The van der Waals surface area contributed by atoms with Crippen LogP contribution in [0.15, 0.2) is 147 Å². The van der Waals surface area contributed by atoms with Crippen molar-refractivity contribution >= 4 is 5.69 Å². The molecule has 0 aliphatic carbocycles. The molecule has 14 nitrogen and oxygen atoms in total. The summed E-state index contributed by atoms with van der Waals surface area (Å²) >= 11 is 0. The van der Waals surface area contributed by atoms with E-state index < -0.39 is 0 Å². The zero-order valence-electron chi connectivity index (χ0n) is 43.5. The van der Waals surface area contributed by atoms with Gasteiger partial charge in [0.15, 0.2) is 0 Å². The number of imidazole rings is 5. The minimum absolute atomic E-state index is 0. The maximum absolute atomic E-state index is 12.9. The van der Waals surface area contributed by atoms with Crippen LogP contribution in [0.4, 0.5) is 10.1 Å². The standard InChI is InChI=1S/C12H14N3.C12H13N2O2.C11H11N2O.C11H11N2.C10H8FN2.5Ir/c1-14(2)11-6-4-10(5-7-11)12-13-8-9-15(12)3;1-14-7-6-13-12(14)10-5-4-9(15-2)8-11(10)16-3;1-13-10(14-2)8-12-11(13)9-6-4-3-5-7-9;1-9-8-12-11(13(9)2)10-6-4-3-5-7-10;1-13-9(11)7-12-10(13)8-5-3-2-4-6-8;;;;;/h4,6-9H,1-3H3;4,6-8H,1-3H3;3-6,8H,1-2H3;3-6,8H,1-2H3;2-5,7H,1H3;;;;;/q5*-1;;;;;. The minimum atomic E-state index is -0.341. The molecule has 5 heterocycles. The second-order valence-corrected chi connectivity index (χ2v) is 15.8. The molecule has 0 saturated heterocycles. The molecule has 0 N–H and O–H groups in total. The van der Waals surface area contributed by atoms with Crippen LogP contribution in [0.3, 0.4) is 0 Å². The Morgan fingerprint density at radius 3 is 1.38 bits per heavy atom. The van der Waals surface area contributed by atoms with Gasteiger partial charge in [-0.2, -0.15) is 4.39 Å². The molecule has 20 heteroatoms. The summed E-state index contributed by atoms with van der Waals surface area (Å²) in [5, 5.41) is 0. The number of benzene rings is 5. The second kappa shape index (κ2) is 34.3. The topological polar surface area (TPSA) is 120 Å². The van der Waals surface area contributed by atoms with Crippen LogP contribution in [0.25, 0.3) is 56.9 Å². The number of ether oxygens (including phenoxy) is 3. The summed E-state index contributed by atoms with van der Waals surface area (Å²) in [4.78, 5) is 23.1. The van der Waals surface area contributed by atoms with Crippen LogP contribution < -0.4 is 19.1 Å². The van der Waals surface area contributed by atoms with Crippen LogP contribution in [0.5, 0.6) is 17.4 Å². The molecule has 10 aromatic rings. The van der Waals surface area contributed by atoms with E-state index >= 15 is 0 Å². The summed E-state index contributed by atoms with van der Waals surface area (Å²) in [5.41, 5.74) is 6.97. The third kappa shape index (κ3) is 18.3. The Kier molecular flexibility index (Phi) is 31.0. The third-order valence-corrected chi connectivity index (χ3v) is 10.9. The Morgan fingerprint density at radius 1 is 0.500 bits per heavy atom. The Balaban J connectivity index is 0.000000468. The van der Waals surface area contributed by atoms with E-state index in [0.29, 0.717) is 11.6 Å². The van der Waals surface area contributed by atoms with Crippen LogP contribution in [0, 0.1) is 43.2 Å². The minimum Gasteiger partial charge on any atom is -0.540 e. The van der Waals surface area contributed by atoms with E-state index in [0.717, 1.165) is 74.1 Å². The van der Waals surface area contributed by atoms with E-state index in [1.165, 1.54) is 10.8 Å². The molecule has 5 aromatic heterocycles. The first kappa shape index (κ1) is 68.5. The second-order valence-electron chi connectivity index (χ2n) is 15.8. The molecule has 0 unspecified atom stereocenters. The fourth-order valence-corrected chi connectivity index (χ4v) is 6.79. The molecule has 76 heavy (non-hydrogen) atoms. The molecule has 10 rings (SSSR count). The smallest absolute Gasteiger partial charge is 0.204 e. The first-order chi connectivity index (χ1) is 34.3. The molecule has 5 radical (unpaired) electrons. The van der Waals surface area contributed by atoms with Gasteiger partial charge in [0.05, 0.1) is 62.8 Å². The number of aromatic nitrogens is 10. The van der Waals surface area contributed by atoms with Gasteiger partial charge in [0.25, 0.3) is 0 Å². The quantitative estimate of drug-likeness (QED) is 0.130. The predicted molar refractivity (Wildman–Crippen MR) is 276 cm³/mol. The third-order valence-electron chi connectivity index (χ3n) is 10.9. The van der Waals surface area contributed by atoms with Gasteiger partial charge >= 0.3 is 0 Å². The van der Waals surface area contributed by atoms with Crippen LogP contribution in [0.2, 0.25) is 0 Å². The average molecular weight is 1910 g/mol. The maximum Gasteiger partial charge on any atom is 0.204 e. The number of rotatable bonds is 9. The maximum atomic E-state index is 12.9. The van der Waals surface area contributed by atoms with Crippen molar-refractivity contribution in [3.05, 3.63) is 188 Å². The van der Waals surface area contributed by atoms with Crippen molar-refractivity contribution in [2.75, 3.05) is 40.3 Å². The number of hydrogen-bond acceptors (Lipinski definition) is 9. The van der Waals surface area contributed by atoms with Crippen LogP contribution in [-0.4, -0.2) is 83.2 Å². The monoisotopic (exact) mass is 1920 g/mol. The Labute approximate surface area is 513 Å². The molecule has 0 amide bonds. The molecule has 0 aliphatic rings. The van der Waals surface area contributed by atoms with Gasteiger partial charge in [-0.15, -0.1) is 150 Å². The Hall–Kier alpha value is -5.47. The Bertz CT molecular complexity index is 3100. The van der Waals surface area contributed by atoms with Crippen molar-refractivity contribution in [3.63, 3.8) is 0 Å². The SMILES string of the molecule is CN(C)c1c[c-]c(-c2nccn2C)cc1.COc1c[c-]c(-c2nccn2C)c(OC)c1.COc1cnc(-c2[c-]cccc2)n1C.Cc1cnc(-c2[c-]cccc2)n1C.Cn1c(F)cnc1-c1[c-]cccc1.[Ir].[Ir].[Ir].[Ir].[Ir]. The van der Waals surface area contributed by atoms with Gasteiger partial charge in [-0.1, -0.05) is 11.6 Å². The van der Waals surface area contributed by atoms with Crippen LogP contribution >= 0.6 is 0 Å². The molecule has 0 atom stereocenters. The summed E-state index contributed by atoms with van der Waals surface area (Å²) in [7, 11) is 18.4. The molecule has 0 fully saturated rings. The van der Waals surface area contributed by atoms with Crippen LogP contribution in [-0.2, 0) is 136 Å². The molecular weight excluding hydrogens is 1850 g/mol. The molecule has 411 valence electrons. The summed E-state index contributed by atoms with van der Waals surface area (Å²) in [6, 6.07) is 48.3. The van der Waals surface area contributed by atoms with E-state index in [2.05, 4.69) is 70.8 Å². The summed E-state index contributed by atoms with van der Waals surface area (Å²) in [6.45, 7) is 2.04. The van der Waals surface area contributed by atoms with Gasteiger partial charge in [0, 0.05) is 184 Å². The normalized spacial score (nSPS) is 9.58. The number of nitrogens with zero attached hydrogens (tertiary/aromatic N) is 11. The van der Waals surface area contributed by atoms with E-state index in [1.54, 1.807) is 59.1 Å². The zero-order valence-corrected chi connectivity index (χ0v) is 55.5. The first-order valence-electron chi connectivity index (χ1n) is 22.3. The van der Waals surface area contributed by atoms with Crippen molar-refractivity contribution in [1.29, 1.82) is 0 Å². The van der Waals surface area contributed by atoms with Crippen LogP contribution in [0.1, 0.15) is 5.69 Å².